The zero-order chi connectivity index (χ0) is 16.7. The van der Waals surface area contributed by atoms with E-state index in [0.717, 1.165) is 19.4 Å². The normalized spacial score (nSPS) is 16.3. The zero-order valence-corrected chi connectivity index (χ0v) is 14.9. The van der Waals surface area contributed by atoms with Gasteiger partial charge in [0.15, 0.2) is 0 Å². The number of carbonyl (C=O) groups excluding carboxylic acids is 1. The Morgan fingerprint density at radius 2 is 1.87 bits per heavy atom. The fourth-order valence-electron chi connectivity index (χ4n) is 3.32. The maximum Gasteiger partial charge on any atom is 0.220 e. The highest BCUT2D eigenvalue weighted by Gasteiger charge is 2.27. The number of quaternary nitrogens is 1. The van der Waals surface area contributed by atoms with Crippen LogP contribution in [0.3, 0.4) is 0 Å². The van der Waals surface area contributed by atoms with Crippen LogP contribution in [0.15, 0.2) is 24.3 Å². The van der Waals surface area contributed by atoms with Crippen LogP contribution in [-0.4, -0.2) is 39.6 Å². The van der Waals surface area contributed by atoms with E-state index in [0.29, 0.717) is 12.5 Å². The molecule has 2 rings (SSSR count). The van der Waals surface area contributed by atoms with Gasteiger partial charge in [0, 0.05) is 44.6 Å². The molecule has 1 aliphatic heterocycles. The van der Waals surface area contributed by atoms with E-state index in [1.165, 1.54) is 37.2 Å². The number of unbranched alkanes of at least 4 members (excludes halogenated alkanes) is 1. The van der Waals surface area contributed by atoms with Crippen molar-refractivity contribution in [2.45, 2.75) is 45.1 Å². The molecule has 0 saturated carbocycles. The Labute approximate surface area is 140 Å². The van der Waals surface area contributed by atoms with Gasteiger partial charge in [-0.2, -0.15) is 0 Å². The maximum absolute atomic E-state index is 12.0. The predicted octanol–water partition coefficient (Wildman–Crippen LogP) is 1.78. The van der Waals surface area contributed by atoms with Crippen molar-refractivity contribution in [2.75, 3.05) is 38.6 Å². The van der Waals surface area contributed by atoms with Crippen molar-refractivity contribution in [3.63, 3.8) is 0 Å². The fourth-order valence-corrected chi connectivity index (χ4v) is 3.32. The van der Waals surface area contributed by atoms with Crippen LogP contribution in [0.5, 0.6) is 0 Å². The molecule has 23 heavy (non-hydrogen) atoms. The Kier molecular flexibility index (Phi) is 6.90. The van der Waals surface area contributed by atoms with E-state index in [1.54, 1.807) is 4.90 Å². The molecular weight excluding hydrogens is 286 g/mol. The van der Waals surface area contributed by atoms with E-state index in [9.17, 15) is 4.79 Å². The largest absolute Gasteiger partial charge is 0.378 e. The van der Waals surface area contributed by atoms with Crippen LogP contribution >= 0.6 is 0 Å². The van der Waals surface area contributed by atoms with Crippen molar-refractivity contribution < 1.29 is 9.69 Å². The van der Waals surface area contributed by atoms with E-state index in [4.69, 9.17) is 0 Å². The molecule has 0 spiro atoms. The van der Waals surface area contributed by atoms with Crippen LogP contribution in [0, 0.1) is 0 Å². The molecule has 1 amide bonds. The number of hydrogen-bond acceptors (Lipinski definition) is 2. The van der Waals surface area contributed by atoms with Gasteiger partial charge in [-0.3, -0.25) is 4.79 Å². The van der Waals surface area contributed by atoms with E-state index in [-0.39, 0.29) is 5.91 Å². The van der Waals surface area contributed by atoms with Crippen molar-refractivity contribution in [3.05, 3.63) is 29.8 Å². The van der Waals surface area contributed by atoms with Gasteiger partial charge in [-0.25, -0.2) is 0 Å². The van der Waals surface area contributed by atoms with Gasteiger partial charge in [0.05, 0.1) is 19.6 Å². The summed E-state index contributed by atoms with van der Waals surface area (Å²) < 4.78 is 0. The average molecular weight is 318 g/mol. The molecule has 0 unspecified atom stereocenters. The van der Waals surface area contributed by atoms with Crippen LogP contribution in [0.2, 0.25) is 0 Å². The van der Waals surface area contributed by atoms with Gasteiger partial charge in [-0.1, -0.05) is 25.5 Å². The Morgan fingerprint density at radius 1 is 1.22 bits per heavy atom. The van der Waals surface area contributed by atoms with Crippen molar-refractivity contribution in [1.29, 1.82) is 0 Å². The molecule has 1 aromatic rings. The number of likely N-dealkylation sites (tertiary alicyclic amines) is 1. The number of nitrogens with one attached hydrogen (secondary N) is 2. The van der Waals surface area contributed by atoms with Gasteiger partial charge in [0.2, 0.25) is 5.91 Å². The number of anilines is 1. The third-order valence-electron chi connectivity index (χ3n) is 4.81. The second kappa shape index (κ2) is 8.92. The minimum Gasteiger partial charge on any atom is -0.378 e. The lowest BCUT2D eigenvalue weighted by atomic mass is 10.0. The highest BCUT2D eigenvalue weighted by Crippen LogP contribution is 2.17. The molecule has 0 bridgehead atoms. The lowest BCUT2D eigenvalue weighted by Gasteiger charge is -2.26. The van der Waals surface area contributed by atoms with Gasteiger partial charge in [0.25, 0.3) is 0 Å². The quantitative estimate of drug-likeness (QED) is 0.767. The number of rotatable bonds is 8. The summed E-state index contributed by atoms with van der Waals surface area (Å²) in [6.45, 7) is 5.30. The molecule has 128 valence electrons. The maximum atomic E-state index is 12.0. The third kappa shape index (κ3) is 5.24. The van der Waals surface area contributed by atoms with Crippen molar-refractivity contribution in [2.24, 2.45) is 0 Å². The molecule has 2 N–H and O–H groups in total. The van der Waals surface area contributed by atoms with Gasteiger partial charge in [0.1, 0.15) is 6.04 Å². The molecule has 1 aromatic carbocycles. The van der Waals surface area contributed by atoms with Gasteiger partial charge >= 0.3 is 0 Å². The van der Waals surface area contributed by atoms with Crippen LogP contribution < -0.4 is 15.1 Å². The minimum atomic E-state index is 0.195. The van der Waals surface area contributed by atoms with Crippen LogP contribution in [0.1, 0.15) is 50.6 Å². The van der Waals surface area contributed by atoms with E-state index >= 15 is 0 Å². The standard InChI is InChI=1S/C19H31N3O/c1-4-5-8-19(23)20-15-18(22-13-6-7-14-22)16-9-11-17(12-10-16)21(2)3/h9-12,18H,4-8,13-15H2,1-3H3,(H,20,23)/p+1/t18-/m0/s1. The van der Waals surface area contributed by atoms with Gasteiger partial charge in [-0.15, -0.1) is 0 Å². The Morgan fingerprint density at radius 3 is 2.43 bits per heavy atom. The molecule has 1 fully saturated rings. The molecule has 1 heterocycles. The summed E-state index contributed by atoms with van der Waals surface area (Å²) in [7, 11) is 4.12. The summed E-state index contributed by atoms with van der Waals surface area (Å²) in [5.41, 5.74) is 2.55. The predicted molar refractivity (Wildman–Crippen MR) is 96.0 cm³/mol. The Balaban J connectivity index is 2.03. The summed E-state index contributed by atoms with van der Waals surface area (Å²) in [6, 6.07) is 9.18. The molecule has 0 radical (unpaired) electrons. The number of amides is 1. The molecule has 1 saturated heterocycles. The second-order valence-corrected chi connectivity index (χ2v) is 6.81. The smallest absolute Gasteiger partial charge is 0.220 e. The molecule has 4 nitrogen and oxygen atoms in total. The lowest BCUT2D eigenvalue weighted by Crippen LogP contribution is -3.11. The Bertz CT molecular complexity index is 478. The minimum absolute atomic E-state index is 0.195. The first-order valence-electron chi connectivity index (χ1n) is 9.00. The van der Waals surface area contributed by atoms with Crippen LogP contribution in [0.25, 0.3) is 0 Å². The van der Waals surface area contributed by atoms with Crippen molar-refractivity contribution in [3.8, 4) is 0 Å². The second-order valence-electron chi connectivity index (χ2n) is 6.81. The highest BCUT2D eigenvalue weighted by molar-refractivity contribution is 5.75. The summed E-state index contributed by atoms with van der Waals surface area (Å²) in [5, 5.41) is 3.16. The van der Waals surface area contributed by atoms with Crippen LogP contribution in [0.4, 0.5) is 5.69 Å². The molecule has 1 aliphatic rings. The first-order valence-corrected chi connectivity index (χ1v) is 9.00. The number of carbonyl (C=O) groups is 1. The fraction of sp³-hybridized carbons (Fsp3) is 0.632. The first-order chi connectivity index (χ1) is 11.1. The molecule has 1 atom stereocenters. The Hall–Kier alpha value is -1.55. The third-order valence-corrected chi connectivity index (χ3v) is 4.81. The number of benzene rings is 1. The van der Waals surface area contributed by atoms with Crippen molar-refractivity contribution in [1.82, 2.24) is 5.32 Å². The topological polar surface area (TPSA) is 36.8 Å². The lowest BCUT2D eigenvalue weighted by molar-refractivity contribution is -0.918. The average Bonchev–Trinajstić information content (AvgIpc) is 3.08. The van der Waals surface area contributed by atoms with E-state index < -0.39 is 0 Å². The monoisotopic (exact) mass is 318 g/mol. The van der Waals surface area contributed by atoms with Crippen molar-refractivity contribution >= 4 is 11.6 Å². The summed E-state index contributed by atoms with van der Waals surface area (Å²) in [5.74, 6) is 0.195. The summed E-state index contributed by atoms with van der Waals surface area (Å²) in [4.78, 5) is 15.7. The van der Waals surface area contributed by atoms with Gasteiger partial charge < -0.3 is 15.1 Å². The molecule has 0 aliphatic carbocycles. The number of hydrogen-bond donors (Lipinski definition) is 2. The SMILES string of the molecule is CCCCC(=O)NC[C@@H](c1ccc(N(C)C)cc1)[NH+]1CCCC1. The van der Waals surface area contributed by atoms with Crippen LogP contribution in [-0.2, 0) is 4.79 Å². The molecular formula is C19H32N3O+. The zero-order valence-electron chi connectivity index (χ0n) is 14.9. The summed E-state index contributed by atoms with van der Waals surface area (Å²) >= 11 is 0. The van der Waals surface area contributed by atoms with E-state index in [2.05, 4.69) is 55.5 Å². The first kappa shape index (κ1) is 17.8. The molecule has 0 aromatic heterocycles. The summed E-state index contributed by atoms with van der Waals surface area (Å²) in [6.07, 6.45) is 5.29. The number of nitrogens with zero attached hydrogens (tertiary/aromatic N) is 1. The van der Waals surface area contributed by atoms with E-state index in [1.807, 2.05) is 0 Å². The molecule has 4 heteroatoms. The highest BCUT2D eigenvalue weighted by atomic mass is 16.1. The van der Waals surface area contributed by atoms with Gasteiger partial charge in [-0.05, 0) is 18.6 Å².